The van der Waals surface area contributed by atoms with E-state index in [9.17, 15) is 13.2 Å². The third-order valence-corrected chi connectivity index (χ3v) is 3.57. The van der Waals surface area contributed by atoms with Crippen molar-refractivity contribution in [3.05, 3.63) is 56.7 Å². The smallest absolute Gasteiger partial charge is 0.320 e. The second-order valence-corrected chi connectivity index (χ2v) is 4.96. The summed E-state index contributed by atoms with van der Waals surface area (Å²) in [5, 5.41) is 3.39. The Bertz CT molecular complexity index is 537. The first kappa shape index (κ1) is 13.4. The van der Waals surface area contributed by atoms with Crippen LogP contribution >= 0.6 is 22.9 Å². The standard InChI is InChI=1S/C12H9ClF3NS/c13-10-5-7(1-2-9(10)12(14,15)16)11(17)8-3-4-18-6-8/h1-6,11H,17H2/t11-/m0/s1. The largest absolute Gasteiger partial charge is 0.417 e. The summed E-state index contributed by atoms with van der Waals surface area (Å²) in [6.07, 6.45) is -4.44. The Morgan fingerprint density at radius 1 is 1.17 bits per heavy atom. The van der Waals surface area contributed by atoms with Crippen LogP contribution in [0, 0.1) is 0 Å². The minimum Gasteiger partial charge on any atom is -0.320 e. The van der Waals surface area contributed by atoms with Gasteiger partial charge in [0.25, 0.3) is 0 Å². The summed E-state index contributed by atoms with van der Waals surface area (Å²) in [6, 6.07) is 4.96. The molecule has 0 amide bonds. The Morgan fingerprint density at radius 3 is 2.39 bits per heavy atom. The minimum atomic E-state index is -4.44. The topological polar surface area (TPSA) is 26.0 Å². The van der Waals surface area contributed by atoms with Crippen LogP contribution in [-0.4, -0.2) is 0 Å². The van der Waals surface area contributed by atoms with Gasteiger partial charge in [0.05, 0.1) is 16.6 Å². The van der Waals surface area contributed by atoms with Crippen LogP contribution in [0.3, 0.4) is 0 Å². The molecule has 0 fully saturated rings. The van der Waals surface area contributed by atoms with Crippen molar-refractivity contribution in [1.29, 1.82) is 0 Å². The molecule has 0 saturated carbocycles. The number of benzene rings is 1. The molecule has 2 N–H and O–H groups in total. The molecule has 1 heterocycles. The van der Waals surface area contributed by atoms with Crippen molar-refractivity contribution < 1.29 is 13.2 Å². The van der Waals surface area contributed by atoms with Crippen LogP contribution in [-0.2, 0) is 6.18 Å². The van der Waals surface area contributed by atoms with E-state index in [4.69, 9.17) is 17.3 Å². The molecule has 0 saturated heterocycles. The van der Waals surface area contributed by atoms with E-state index in [1.807, 2.05) is 16.8 Å². The average molecular weight is 292 g/mol. The van der Waals surface area contributed by atoms with Gasteiger partial charge in [0.15, 0.2) is 0 Å². The molecule has 0 radical (unpaired) electrons. The SMILES string of the molecule is N[C@H](c1ccsc1)c1ccc(C(F)(F)F)c(Cl)c1. The van der Waals surface area contributed by atoms with Crippen LogP contribution in [0.2, 0.25) is 5.02 Å². The molecule has 96 valence electrons. The summed E-state index contributed by atoms with van der Waals surface area (Å²) < 4.78 is 37.6. The summed E-state index contributed by atoms with van der Waals surface area (Å²) >= 11 is 7.13. The third-order valence-electron chi connectivity index (χ3n) is 2.56. The zero-order valence-corrected chi connectivity index (χ0v) is 10.6. The maximum atomic E-state index is 12.5. The van der Waals surface area contributed by atoms with E-state index >= 15 is 0 Å². The normalized spacial score (nSPS) is 13.6. The van der Waals surface area contributed by atoms with Gasteiger partial charge in [0, 0.05) is 0 Å². The van der Waals surface area contributed by atoms with Gasteiger partial charge < -0.3 is 5.73 Å². The fraction of sp³-hybridized carbons (Fsp3) is 0.167. The summed E-state index contributed by atoms with van der Waals surface area (Å²) in [5.74, 6) is 0. The molecule has 0 aliphatic heterocycles. The molecular formula is C12H9ClF3NS. The van der Waals surface area contributed by atoms with Crippen LogP contribution < -0.4 is 5.73 Å². The van der Waals surface area contributed by atoms with Crippen molar-refractivity contribution in [3.8, 4) is 0 Å². The van der Waals surface area contributed by atoms with Crippen LogP contribution in [0.1, 0.15) is 22.7 Å². The molecule has 6 heteroatoms. The van der Waals surface area contributed by atoms with E-state index in [1.165, 1.54) is 23.5 Å². The highest BCUT2D eigenvalue weighted by molar-refractivity contribution is 7.08. The van der Waals surface area contributed by atoms with E-state index in [0.29, 0.717) is 5.56 Å². The highest BCUT2D eigenvalue weighted by Crippen LogP contribution is 2.36. The fourth-order valence-electron chi connectivity index (χ4n) is 1.60. The van der Waals surface area contributed by atoms with Crippen LogP contribution in [0.5, 0.6) is 0 Å². The molecule has 2 rings (SSSR count). The average Bonchev–Trinajstić information content (AvgIpc) is 2.79. The molecule has 1 aromatic carbocycles. The van der Waals surface area contributed by atoms with E-state index in [-0.39, 0.29) is 5.02 Å². The lowest BCUT2D eigenvalue weighted by atomic mass is 10.0. The van der Waals surface area contributed by atoms with Crippen molar-refractivity contribution in [3.63, 3.8) is 0 Å². The third kappa shape index (κ3) is 2.68. The molecular weight excluding hydrogens is 283 g/mol. The first-order valence-corrected chi connectivity index (χ1v) is 6.36. The van der Waals surface area contributed by atoms with Crippen LogP contribution in [0.4, 0.5) is 13.2 Å². The molecule has 18 heavy (non-hydrogen) atoms. The van der Waals surface area contributed by atoms with Gasteiger partial charge in [-0.3, -0.25) is 0 Å². The Morgan fingerprint density at radius 2 is 1.89 bits per heavy atom. The number of nitrogens with two attached hydrogens (primary N) is 1. The number of alkyl halides is 3. The second-order valence-electron chi connectivity index (χ2n) is 3.77. The number of halogens is 4. The van der Waals surface area contributed by atoms with Crippen LogP contribution in [0.15, 0.2) is 35.0 Å². The highest BCUT2D eigenvalue weighted by Gasteiger charge is 2.33. The second kappa shape index (κ2) is 4.91. The van der Waals surface area contributed by atoms with Crippen LogP contribution in [0.25, 0.3) is 0 Å². The maximum absolute atomic E-state index is 12.5. The summed E-state index contributed by atoms with van der Waals surface area (Å²) in [4.78, 5) is 0. The van der Waals surface area contributed by atoms with E-state index in [0.717, 1.165) is 11.6 Å². The van der Waals surface area contributed by atoms with Gasteiger partial charge in [0.2, 0.25) is 0 Å². The van der Waals surface area contributed by atoms with Gasteiger partial charge in [-0.1, -0.05) is 17.7 Å². The molecule has 0 spiro atoms. The quantitative estimate of drug-likeness (QED) is 0.868. The van der Waals surface area contributed by atoms with Crippen molar-refractivity contribution in [2.45, 2.75) is 12.2 Å². The molecule has 0 unspecified atom stereocenters. The zero-order chi connectivity index (χ0) is 13.3. The molecule has 0 bridgehead atoms. The first-order chi connectivity index (χ1) is 8.39. The minimum absolute atomic E-state index is 0.328. The number of thiophene rings is 1. The molecule has 2 aromatic rings. The Kier molecular flexibility index (Phi) is 3.66. The predicted molar refractivity (Wildman–Crippen MR) is 66.8 cm³/mol. The molecule has 0 aliphatic carbocycles. The lowest BCUT2D eigenvalue weighted by Gasteiger charge is -2.14. The molecule has 0 aliphatic rings. The Labute approximate surface area is 111 Å². The van der Waals surface area contributed by atoms with Crippen molar-refractivity contribution in [1.82, 2.24) is 0 Å². The Hall–Kier alpha value is -1.04. The summed E-state index contributed by atoms with van der Waals surface area (Å²) in [7, 11) is 0. The Balaban J connectivity index is 2.35. The number of rotatable bonds is 2. The monoisotopic (exact) mass is 291 g/mol. The summed E-state index contributed by atoms with van der Waals surface area (Å²) in [6.45, 7) is 0. The van der Waals surface area contributed by atoms with Gasteiger partial charge in [0.1, 0.15) is 0 Å². The van der Waals surface area contributed by atoms with E-state index < -0.39 is 17.8 Å². The van der Waals surface area contributed by atoms with Crippen molar-refractivity contribution in [2.75, 3.05) is 0 Å². The van der Waals surface area contributed by atoms with Gasteiger partial charge in [-0.05, 0) is 40.1 Å². The first-order valence-electron chi connectivity index (χ1n) is 5.04. The van der Waals surface area contributed by atoms with Gasteiger partial charge in [-0.2, -0.15) is 24.5 Å². The molecule has 1 atom stereocenters. The lowest BCUT2D eigenvalue weighted by molar-refractivity contribution is -0.137. The maximum Gasteiger partial charge on any atom is 0.417 e. The lowest BCUT2D eigenvalue weighted by Crippen LogP contribution is -2.12. The number of hydrogen-bond donors (Lipinski definition) is 1. The van der Waals surface area contributed by atoms with Gasteiger partial charge in [-0.25, -0.2) is 0 Å². The predicted octanol–water partition coefficient (Wildman–Crippen LogP) is 4.47. The van der Waals surface area contributed by atoms with Crippen molar-refractivity contribution >= 4 is 22.9 Å². The van der Waals surface area contributed by atoms with E-state index in [2.05, 4.69) is 0 Å². The van der Waals surface area contributed by atoms with Gasteiger partial charge in [-0.15, -0.1) is 0 Å². The summed E-state index contributed by atoms with van der Waals surface area (Å²) in [5.41, 5.74) is 6.53. The van der Waals surface area contributed by atoms with Crippen molar-refractivity contribution in [2.24, 2.45) is 5.73 Å². The highest BCUT2D eigenvalue weighted by atomic mass is 35.5. The van der Waals surface area contributed by atoms with Gasteiger partial charge >= 0.3 is 6.18 Å². The number of hydrogen-bond acceptors (Lipinski definition) is 2. The fourth-order valence-corrected chi connectivity index (χ4v) is 2.59. The molecule has 1 aromatic heterocycles. The van der Waals surface area contributed by atoms with E-state index in [1.54, 1.807) is 0 Å². The zero-order valence-electron chi connectivity index (χ0n) is 9.04. The molecule has 1 nitrogen and oxygen atoms in total.